The Morgan fingerprint density at radius 3 is 2.44 bits per heavy atom. The molecular weight excluding hydrogens is 419 g/mol. The van der Waals surface area contributed by atoms with Crippen molar-refractivity contribution in [2.75, 3.05) is 6.54 Å². The van der Waals surface area contributed by atoms with Gasteiger partial charge in [-0.05, 0) is 41.0 Å². The summed E-state index contributed by atoms with van der Waals surface area (Å²) < 4.78 is 47.2. The first-order chi connectivity index (χ1) is 15.3. The van der Waals surface area contributed by atoms with Crippen LogP contribution < -0.4 is 5.32 Å². The first kappa shape index (κ1) is 21.6. The molecule has 0 amide bonds. The van der Waals surface area contributed by atoms with Crippen molar-refractivity contribution in [2.24, 2.45) is 0 Å². The summed E-state index contributed by atoms with van der Waals surface area (Å²) in [7, 11) is 0. The summed E-state index contributed by atoms with van der Waals surface area (Å²) in [6, 6.07) is 19.9. The van der Waals surface area contributed by atoms with Crippen LogP contribution in [0.2, 0.25) is 0 Å². The number of furan rings is 1. The number of nitrogens with one attached hydrogen (secondary N) is 1. The van der Waals surface area contributed by atoms with Gasteiger partial charge in [-0.1, -0.05) is 48.5 Å². The summed E-state index contributed by atoms with van der Waals surface area (Å²) in [5.74, 6) is -0.523. The number of aliphatic carboxylic acids is 1. The smallest absolute Gasteiger partial charge is 0.417 e. The van der Waals surface area contributed by atoms with Crippen molar-refractivity contribution in [2.45, 2.75) is 19.1 Å². The number of halogens is 3. The fraction of sp³-hybridized carbons (Fsp3) is 0.160. The van der Waals surface area contributed by atoms with Gasteiger partial charge in [0.15, 0.2) is 0 Å². The van der Waals surface area contributed by atoms with Gasteiger partial charge in [-0.15, -0.1) is 0 Å². The second-order valence-corrected chi connectivity index (χ2v) is 7.43. The maximum Gasteiger partial charge on any atom is 0.417 e. The maximum atomic E-state index is 13.8. The molecule has 4 aromatic rings. The SMILES string of the molecule is O=C(O)CCNCc1ccc2oc(-c3ccc(-c4ccccc4)c(C(F)(F)F)c3)cc2c1. The quantitative estimate of drug-likeness (QED) is 0.330. The highest BCUT2D eigenvalue weighted by molar-refractivity contribution is 5.84. The van der Waals surface area contributed by atoms with Gasteiger partial charge in [0.1, 0.15) is 11.3 Å². The van der Waals surface area contributed by atoms with Gasteiger partial charge in [0.2, 0.25) is 0 Å². The Labute approximate surface area is 182 Å². The molecule has 0 aliphatic rings. The maximum absolute atomic E-state index is 13.8. The van der Waals surface area contributed by atoms with E-state index in [4.69, 9.17) is 9.52 Å². The van der Waals surface area contributed by atoms with Gasteiger partial charge in [0.25, 0.3) is 0 Å². The standard InChI is InChI=1S/C25H20F3NO3/c26-25(27,28)21-13-18(7-8-20(21)17-4-2-1-3-5-17)23-14-19-12-16(6-9-22(19)32-23)15-29-11-10-24(30)31/h1-9,12-14,29H,10-11,15H2,(H,30,31). The van der Waals surface area contributed by atoms with Gasteiger partial charge in [0, 0.05) is 24.0 Å². The summed E-state index contributed by atoms with van der Waals surface area (Å²) in [5.41, 5.74) is 1.73. The van der Waals surface area contributed by atoms with Crippen LogP contribution in [0.1, 0.15) is 17.5 Å². The van der Waals surface area contributed by atoms with Gasteiger partial charge in [0.05, 0.1) is 12.0 Å². The van der Waals surface area contributed by atoms with E-state index in [0.717, 1.165) is 17.0 Å². The van der Waals surface area contributed by atoms with Crippen LogP contribution in [0.4, 0.5) is 13.2 Å². The molecular formula is C25H20F3NO3. The lowest BCUT2D eigenvalue weighted by Crippen LogP contribution is -2.17. The molecule has 0 radical (unpaired) electrons. The molecule has 0 fully saturated rings. The highest BCUT2D eigenvalue weighted by Gasteiger charge is 2.34. The van der Waals surface area contributed by atoms with Crippen LogP contribution in [0.5, 0.6) is 0 Å². The van der Waals surface area contributed by atoms with Crippen molar-refractivity contribution in [3.8, 4) is 22.5 Å². The Bertz CT molecular complexity index is 1250. The summed E-state index contributed by atoms with van der Waals surface area (Å²) in [6.45, 7) is 0.825. The predicted molar refractivity (Wildman–Crippen MR) is 116 cm³/mol. The van der Waals surface area contributed by atoms with Crippen LogP contribution in [0.3, 0.4) is 0 Å². The molecule has 1 aromatic heterocycles. The van der Waals surface area contributed by atoms with E-state index in [-0.39, 0.29) is 12.0 Å². The molecule has 2 N–H and O–H groups in total. The third-order valence-electron chi connectivity index (χ3n) is 5.12. The molecule has 0 saturated heterocycles. The van der Waals surface area contributed by atoms with Gasteiger partial charge in [-0.3, -0.25) is 4.79 Å². The van der Waals surface area contributed by atoms with Crippen LogP contribution in [0.15, 0.2) is 77.2 Å². The minimum absolute atomic E-state index is 0.0264. The zero-order valence-corrected chi connectivity index (χ0v) is 16.9. The molecule has 0 saturated carbocycles. The highest BCUT2D eigenvalue weighted by Crippen LogP contribution is 2.40. The van der Waals surface area contributed by atoms with Gasteiger partial charge >= 0.3 is 12.1 Å². The van der Waals surface area contributed by atoms with Crippen LogP contribution in [0, 0.1) is 0 Å². The molecule has 0 spiro atoms. The number of fused-ring (bicyclic) bond motifs is 1. The Hall–Kier alpha value is -3.58. The van der Waals surface area contributed by atoms with Gasteiger partial charge in [-0.2, -0.15) is 13.2 Å². The summed E-state index contributed by atoms with van der Waals surface area (Å²) in [6.07, 6.45) is -4.49. The Kier molecular flexibility index (Phi) is 6.01. The number of alkyl halides is 3. The van der Waals surface area contributed by atoms with E-state index in [0.29, 0.717) is 35.6 Å². The monoisotopic (exact) mass is 439 g/mol. The molecule has 7 heteroatoms. The van der Waals surface area contributed by atoms with Crippen LogP contribution in [-0.2, 0) is 17.5 Å². The summed E-state index contributed by atoms with van der Waals surface area (Å²) in [4.78, 5) is 10.6. The Morgan fingerprint density at radius 2 is 1.72 bits per heavy atom. The van der Waals surface area contributed by atoms with Crippen LogP contribution >= 0.6 is 0 Å². The summed E-state index contributed by atoms with van der Waals surface area (Å²) >= 11 is 0. The van der Waals surface area contributed by atoms with Crippen LogP contribution in [-0.4, -0.2) is 17.6 Å². The average molecular weight is 439 g/mol. The third-order valence-corrected chi connectivity index (χ3v) is 5.12. The molecule has 164 valence electrons. The molecule has 0 aliphatic heterocycles. The Morgan fingerprint density at radius 1 is 0.938 bits per heavy atom. The summed E-state index contributed by atoms with van der Waals surface area (Å²) in [5, 5.41) is 12.5. The average Bonchev–Trinajstić information content (AvgIpc) is 3.20. The second kappa shape index (κ2) is 8.88. The molecule has 32 heavy (non-hydrogen) atoms. The molecule has 0 unspecified atom stereocenters. The van der Waals surface area contributed by atoms with E-state index in [1.54, 1.807) is 48.5 Å². The molecule has 4 nitrogen and oxygen atoms in total. The first-order valence-electron chi connectivity index (χ1n) is 10.0. The fourth-order valence-corrected chi connectivity index (χ4v) is 3.57. The lowest BCUT2D eigenvalue weighted by atomic mass is 9.96. The predicted octanol–water partition coefficient (Wildman–Crippen LogP) is 6.35. The van der Waals surface area contributed by atoms with Crippen molar-refractivity contribution >= 4 is 16.9 Å². The number of carboxylic acids is 1. The molecule has 3 aromatic carbocycles. The van der Waals surface area contributed by atoms with Crippen LogP contribution in [0.25, 0.3) is 33.4 Å². The largest absolute Gasteiger partial charge is 0.481 e. The van der Waals surface area contributed by atoms with E-state index >= 15 is 0 Å². The molecule has 0 aliphatic carbocycles. The van der Waals surface area contributed by atoms with E-state index in [2.05, 4.69) is 5.32 Å². The normalized spacial score (nSPS) is 11.7. The van der Waals surface area contributed by atoms with E-state index in [9.17, 15) is 18.0 Å². The topological polar surface area (TPSA) is 62.5 Å². The van der Waals surface area contributed by atoms with Crippen molar-refractivity contribution in [1.82, 2.24) is 5.32 Å². The van der Waals surface area contributed by atoms with Gasteiger partial charge < -0.3 is 14.8 Å². The van der Waals surface area contributed by atoms with Crippen molar-refractivity contribution < 1.29 is 27.5 Å². The Balaban J connectivity index is 1.64. The van der Waals surface area contributed by atoms with Crippen molar-refractivity contribution in [1.29, 1.82) is 0 Å². The van der Waals surface area contributed by atoms with E-state index in [1.165, 1.54) is 6.07 Å². The molecule has 4 rings (SSSR count). The minimum Gasteiger partial charge on any atom is -0.481 e. The van der Waals surface area contributed by atoms with Crippen molar-refractivity contribution in [3.05, 3.63) is 83.9 Å². The lowest BCUT2D eigenvalue weighted by Gasteiger charge is -2.14. The number of carboxylic acid groups (broad SMARTS) is 1. The second-order valence-electron chi connectivity index (χ2n) is 7.43. The molecule has 0 atom stereocenters. The first-order valence-corrected chi connectivity index (χ1v) is 10.0. The van der Waals surface area contributed by atoms with Gasteiger partial charge in [-0.25, -0.2) is 0 Å². The number of carbonyl (C=O) groups is 1. The molecule has 1 heterocycles. The van der Waals surface area contributed by atoms with E-state index < -0.39 is 17.7 Å². The zero-order chi connectivity index (χ0) is 22.7. The number of benzene rings is 3. The zero-order valence-electron chi connectivity index (χ0n) is 16.9. The number of rotatable bonds is 7. The number of hydrogen-bond acceptors (Lipinski definition) is 3. The highest BCUT2D eigenvalue weighted by atomic mass is 19.4. The van der Waals surface area contributed by atoms with Crippen molar-refractivity contribution in [3.63, 3.8) is 0 Å². The lowest BCUT2D eigenvalue weighted by molar-refractivity contribution is -0.137. The molecule has 0 bridgehead atoms. The fourth-order valence-electron chi connectivity index (χ4n) is 3.57. The van der Waals surface area contributed by atoms with E-state index in [1.807, 2.05) is 12.1 Å². The minimum atomic E-state index is -4.51. The number of hydrogen-bond donors (Lipinski definition) is 2. The third kappa shape index (κ3) is 4.84.